The van der Waals surface area contributed by atoms with Crippen LogP contribution in [-0.2, 0) is 14.3 Å². The fourth-order valence-corrected chi connectivity index (χ4v) is 3.80. The third-order valence-electron chi connectivity index (χ3n) is 5.08. The Morgan fingerprint density at radius 1 is 1.09 bits per heavy atom. The van der Waals surface area contributed by atoms with Gasteiger partial charge in [0.15, 0.2) is 0 Å². The first-order valence-corrected chi connectivity index (χ1v) is 11.6. The molecule has 3 N–H and O–H groups in total. The Balaban J connectivity index is 1.80. The summed E-state index contributed by atoms with van der Waals surface area (Å²) in [5.41, 5.74) is -0.117. The second-order valence-electron chi connectivity index (χ2n) is 9.03. The smallest absolute Gasteiger partial charge is 0.407 e. The number of likely N-dealkylation sites (tertiary alicyclic amines) is 1. The highest BCUT2D eigenvalue weighted by Crippen LogP contribution is 2.35. The van der Waals surface area contributed by atoms with Crippen LogP contribution in [0.2, 0.25) is 5.02 Å². The summed E-state index contributed by atoms with van der Waals surface area (Å²) in [6, 6.07) is 3.19. The van der Waals surface area contributed by atoms with Gasteiger partial charge in [0.05, 0.1) is 37.4 Å². The molecule has 1 atom stereocenters. The van der Waals surface area contributed by atoms with Gasteiger partial charge in [-0.2, -0.15) is 0 Å². The lowest BCUT2D eigenvalue weighted by molar-refractivity contribution is -0.127. The van der Waals surface area contributed by atoms with Gasteiger partial charge >= 0.3 is 6.09 Å². The van der Waals surface area contributed by atoms with Crippen molar-refractivity contribution in [3.05, 3.63) is 17.2 Å². The Labute approximate surface area is 205 Å². The third-order valence-corrected chi connectivity index (χ3v) is 5.38. The van der Waals surface area contributed by atoms with Gasteiger partial charge in [-0.15, -0.1) is 0 Å². The molecule has 1 aromatic rings. The van der Waals surface area contributed by atoms with E-state index in [1.807, 2.05) is 4.90 Å². The van der Waals surface area contributed by atoms with Gasteiger partial charge in [-0.3, -0.25) is 14.5 Å². The van der Waals surface area contributed by atoms with Gasteiger partial charge in [-0.05, 0) is 40.2 Å². The Kier molecular flexibility index (Phi) is 10.2. The topological polar surface area (TPSA) is 118 Å². The number of nitrogens with one attached hydrogen (secondary N) is 3. The SMILES string of the molecule is COc1cc(NC(=O)CN2CCCC(C(=O)NCCNC(=O)OC(C)(C)C)C2)c(OC)cc1Cl. The van der Waals surface area contributed by atoms with Crippen LogP contribution in [0, 0.1) is 5.92 Å². The Morgan fingerprint density at radius 3 is 2.41 bits per heavy atom. The fraction of sp³-hybridized carbons (Fsp3) is 0.609. The lowest BCUT2D eigenvalue weighted by atomic mass is 9.97. The molecule has 0 saturated carbocycles. The number of nitrogens with zero attached hydrogens (tertiary/aromatic N) is 1. The zero-order valence-electron chi connectivity index (χ0n) is 20.5. The summed E-state index contributed by atoms with van der Waals surface area (Å²) < 4.78 is 15.7. The van der Waals surface area contributed by atoms with E-state index in [0.29, 0.717) is 35.3 Å². The minimum Gasteiger partial charge on any atom is -0.495 e. The molecule has 1 aromatic carbocycles. The molecule has 10 nitrogen and oxygen atoms in total. The van der Waals surface area contributed by atoms with Gasteiger partial charge < -0.3 is 30.2 Å². The summed E-state index contributed by atoms with van der Waals surface area (Å²) in [5.74, 6) is 0.294. The van der Waals surface area contributed by atoms with E-state index in [9.17, 15) is 14.4 Å². The van der Waals surface area contributed by atoms with E-state index in [-0.39, 0.29) is 30.8 Å². The number of benzene rings is 1. The van der Waals surface area contributed by atoms with E-state index >= 15 is 0 Å². The van der Waals surface area contributed by atoms with Gasteiger partial charge in [-0.25, -0.2) is 4.79 Å². The maximum absolute atomic E-state index is 12.6. The number of rotatable bonds is 9. The molecule has 1 saturated heterocycles. The van der Waals surface area contributed by atoms with Crippen molar-refractivity contribution in [2.75, 3.05) is 52.3 Å². The Morgan fingerprint density at radius 2 is 1.76 bits per heavy atom. The fourth-order valence-electron chi connectivity index (χ4n) is 3.57. The number of amides is 3. The van der Waals surface area contributed by atoms with Gasteiger partial charge in [-0.1, -0.05) is 11.6 Å². The molecule has 0 aliphatic carbocycles. The van der Waals surface area contributed by atoms with E-state index in [1.165, 1.54) is 14.2 Å². The molecule has 1 fully saturated rings. The summed E-state index contributed by atoms with van der Waals surface area (Å²) in [5, 5.41) is 8.65. The highest BCUT2D eigenvalue weighted by atomic mass is 35.5. The van der Waals surface area contributed by atoms with Crippen LogP contribution >= 0.6 is 11.6 Å². The second kappa shape index (κ2) is 12.7. The lowest BCUT2D eigenvalue weighted by Crippen LogP contribution is -2.46. The van der Waals surface area contributed by atoms with E-state index in [4.69, 9.17) is 25.8 Å². The Bertz CT molecular complexity index is 874. The number of carbonyl (C=O) groups excluding carboxylic acids is 3. The molecule has 11 heteroatoms. The van der Waals surface area contributed by atoms with Gasteiger partial charge in [0, 0.05) is 31.8 Å². The average molecular weight is 499 g/mol. The number of carbonyl (C=O) groups is 3. The summed E-state index contributed by atoms with van der Waals surface area (Å²) in [6.45, 7) is 7.25. The maximum Gasteiger partial charge on any atom is 0.407 e. The summed E-state index contributed by atoms with van der Waals surface area (Å²) in [7, 11) is 2.98. The number of hydrogen-bond acceptors (Lipinski definition) is 7. The molecule has 0 radical (unpaired) electrons. The normalized spacial score (nSPS) is 16.4. The number of ether oxygens (including phenoxy) is 3. The second-order valence-corrected chi connectivity index (χ2v) is 9.44. The third kappa shape index (κ3) is 8.90. The van der Waals surface area contributed by atoms with Crippen molar-refractivity contribution in [1.29, 1.82) is 0 Å². The van der Waals surface area contributed by atoms with Crippen LogP contribution in [0.15, 0.2) is 12.1 Å². The molecule has 1 aliphatic rings. The number of anilines is 1. The average Bonchev–Trinajstić information content (AvgIpc) is 2.76. The molecule has 1 unspecified atom stereocenters. The van der Waals surface area contributed by atoms with Crippen molar-refractivity contribution in [2.45, 2.75) is 39.2 Å². The van der Waals surface area contributed by atoms with Crippen molar-refractivity contribution >= 4 is 35.2 Å². The van der Waals surface area contributed by atoms with Crippen LogP contribution in [-0.4, -0.2) is 75.4 Å². The minimum atomic E-state index is -0.573. The number of piperidine rings is 1. The molecule has 0 aromatic heterocycles. The number of hydrogen-bond donors (Lipinski definition) is 3. The Hall–Kier alpha value is -2.72. The van der Waals surface area contributed by atoms with Crippen LogP contribution < -0.4 is 25.4 Å². The number of methoxy groups -OCH3 is 2. The largest absolute Gasteiger partial charge is 0.495 e. The van der Waals surface area contributed by atoms with E-state index in [2.05, 4.69) is 16.0 Å². The summed E-state index contributed by atoms with van der Waals surface area (Å²) >= 11 is 6.11. The highest BCUT2D eigenvalue weighted by Gasteiger charge is 2.27. The molecule has 2 rings (SSSR count). The summed E-state index contributed by atoms with van der Waals surface area (Å²) in [4.78, 5) is 38.8. The first-order chi connectivity index (χ1) is 16.0. The van der Waals surface area contributed by atoms with E-state index < -0.39 is 11.7 Å². The van der Waals surface area contributed by atoms with Gasteiger partial charge in [0.2, 0.25) is 11.8 Å². The van der Waals surface area contributed by atoms with Crippen LogP contribution in [0.3, 0.4) is 0 Å². The van der Waals surface area contributed by atoms with E-state index in [0.717, 1.165) is 19.4 Å². The first-order valence-electron chi connectivity index (χ1n) is 11.2. The minimum absolute atomic E-state index is 0.0970. The van der Waals surface area contributed by atoms with Crippen LogP contribution in [0.4, 0.5) is 10.5 Å². The van der Waals surface area contributed by atoms with Crippen molar-refractivity contribution in [3.63, 3.8) is 0 Å². The molecule has 1 heterocycles. The van der Waals surface area contributed by atoms with Crippen molar-refractivity contribution < 1.29 is 28.6 Å². The molecule has 0 bridgehead atoms. The molecule has 1 aliphatic heterocycles. The molecule has 3 amide bonds. The molecule has 34 heavy (non-hydrogen) atoms. The predicted molar refractivity (Wildman–Crippen MR) is 130 cm³/mol. The molecular weight excluding hydrogens is 464 g/mol. The summed E-state index contributed by atoms with van der Waals surface area (Å²) in [6.07, 6.45) is 1.03. The zero-order valence-corrected chi connectivity index (χ0v) is 21.2. The van der Waals surface area contributed by atoms with Crippen LogP contribution in [0.1, 0.15) is 33.6 Å². The van der Waals surface area contributed by atoms with Crippen LogP contribution in [0.25, 0.3) is 0 Å². The standard InChI is InChI=1S/C23H35ClN4O6/c1-23(2,3)34-22(31)26-9-8-25-21(30)15-7-6-10-28(13-15)14-20(29)27-17-12-18(32-4)16(24)11-19(17)33-5/h11-12,15H,6-10,13-14H2,1-5H3,(H,25,30)(H,26,31)(H,27,29). The zero-order chi connectivity index (χ0) is 25.3. The predicted octanol–water partition coefficient (Wildman–Crippen LogP) is 2.65. The molecule has 0 spiro atoms. The number of alkyl carbamates (subject to hydrolysis) is 1. The molecular formula is C23H35ClN4O6. The van der Waals surface area contributed by atoms with Crippen molar-refractivity contribution in [3.8, 4) is 11.5 Å². The monoisotopic (exact) mass is 498 g/mol. The van der Waals surface area contributed by atoms with Gasteiger partial charge in [0.1, 0.15) is 17.1 Å². The first kappa shape index (κ1) is 27.5. The van der Waals surface area contributed by atoms with Gasteiger partial charge in [0.25, 0.3) is 0 Å². The quantitative estimate of drug-likeness (QED) is 0.448. The van der Waals surface area contributed by atoms with Crippen molar-refractivity contribution in [1.82, 2.24) is 15.5 Å². The van der Waals surface area contributed by atoms with Crippen LogP contribution in [0.5, 0.6) is 11.5 Å². The molecule has 190 valence electrons. The van der Waals surface area contributed by atoms with E-state index in [1.54, 1.807) is 32.9 Å². The number of halogens is 1. The highest BCUT2D eigenvalue weighted by molar-refractivity contribution is 6.32. The maximum atomic E-state index is 12.6. The lowest BCUT2D eigenvalue weighted by Gasteiger charge is -2.31. The van der Waals surface area contributed by atoms with Crippen molar-refractivity contribution in [2.24, 2.45) is 5.92 Å².